The van der Waals surface area contributed by atoms with E-state index in [1.54, 1.807) is 0 Å². The molecule has 6 heterocycles. The predicted molar refractivity (Wildman–Crippen MR) is 311 cm³/mol. The number of hydrogen-bond acceptors (Lipinski definition) is 5. The predicted octanol–water partition coefficient (Wildman–Crippen LogP) is 11.5. The molecule has 342 valence electrons. The summed E-state index contributed by atoms with van der Waals surface area (Å²) >= 11 is 0.0190. The molecule has 0 atom stereocenters. The van der Waals surface area contributed by atoms with E-state index < -0.39 is 0 Å². The number of fused-ring (bicyclic) bond motifs is 16. The Morgan fingerprint density at radius 3 is 1.59 bits per heavy atom. The van der Waals surface area contributed by atoms with Crippen molar-refractivity contribution < 1.29 is 8.83 Å². The second kappa shape index (κ2) is 15.3. The fraction of sp³-hybridized carbons (Fsp3) is 0. The van der Waals surface area contributed by atoms with Crippen LogP contribution in [0.25, 0.3) is 55.0 Å². The maximum atomic E-state index is 7.05. The van der Waals surface area contributed by atoms with Gasteiger partial charge < -0.3 is 0 Å². The van der Waals surface area contributed by atoms with Crippen LogP contribution in [0.4, 0.5) is 51.2 Å². The van der Waals surface area contributed by atoms with E-state index in [1.165, 1.54) is 63.8 Å². The topological polar surface area (TPSA) is 36.0 Å². The van der Waals surface area contributed by atoms with E-state index in [0.717, 1.165) is 84.0 Å². The van der Waals surface area contributed by atoms with Gasteiger partial charge in [-0.05, 0) is 6.07 Å². The zero-order valence-electron chi connectivity index (χ0n) is 39.7. The Kier molecular flexibility index (Phi) is 8.40. The van der Waals surface area contributed by atoms with E-state index in [9.17, 15) is 0 Å². The van der Waals surface area contributed by atoms with Gasteiger partial charge in [0.1, 0.15) is 0 Å². The molecule has 0 radical (unpaired) electrons. The molecule has 0 N–H and O–H groups in total. The quantitative estimate of drug-likeness (QED) is 0.164. The Labute approximate surface area is 433 Å². The van der Waals surface area contributed by atoms with Crippen molar-refractivity contribution in [3.8, 4) is 11.1 Å². The molecular formula is C66H39B2N3O2Se. The van der Waals surface area contributed by atoms with Crippen LogP contribution >= 0.6 is 0 Å². The Morgan fingerprint density at radius 1 is 0.338 bits per heavy atom. The van der Waals surface area contributed by atoms with Crippen molar-refractivity contribution in [1.29, 1.82) is 0 Å². The van der Waals surface area contributed by atoms with E-state index in [4.69, 9.17) is 8.83 Å². The molecule has 0 unspecified atom stereocenters. The Morgan fingerprint density at radius 2 is 0.865 bits per heavy atom. The average Bonchev–Trinajstić information content (AvgIpc) is 4.09. The zero-order chi connectivity index (χ0) is 48.2. The van der Waals surface area contributed by atoms with Gasteiger partial charge in [-0.15, -0.1) is 0 Å². The van der Waals surface area contributed by atoms with Gasteiger partial charge in [0.15, 0.2) is 0 Å². The van der Waals surface area contributed by atoms with Crippen LogP contribution < -0.4 is 56.4 Å². The third-order valence-corrected chi connectivity index (χ3v) is 18.6. The monoisotopic (exact) mass is 1010 g/mol. The van der Waals surface area contributed by atoms with Crippen molar-refractivity contribution in [2.24, 2.45) is 0 Å². The first-order chi connectivity index (χ1) is 36.7. The van der Waals surface area contributed by atoms with Crippen molar-refractivity contribution in [3.63, 3.8) is 0 Å². The minimum Gasteiger partial charge on any atom is -0.0616 e. The van der Waals surface area contributed by atoms with Crippen molar-refractivity contribution in [2.75, 3.05) is 14.7 Å². The molecule has 0 aliphatic carbocycles. The van der Waals surface area contributed by atoms with Gasteiger partial charge in [0, 0.05) is 0 Å². The smallest absolute Gasteiger partial charge is 0.0616 e. The summed E-state index contributed by atoms with van der Waals surface area (Å²) in [7, 11) is 0. The summed E-state index contributed by atoms with van der Waals surface area (Å²) in [6.45, 7) is -0.167. The van der Waals surface area contributed by atoms with E-state index in [-0.39, 0.29) is 28.4 Å². The minimum absolute atomic E-state index is 0.0190. The van der Waals surface area contributed by atoms with Crippen LogP contribution in [-0.4, -0.2) is 28.4 Å². The average molecular weight is 1010 g/mol. The van der Waals surface area contributed by atoms with Crippen molar-refractivity contribution in [3.05, 3.63) is 237 Å². The Hall–Kier alpha value is -8.93. The molecule has 11 aromatic carbocycles. The molecule has 0 spiro atoms. The number of rotatable bonds is 4. The van der Waals surface area contributed by atoms with Gasteiger partial charge in [0.05, 0.1) is 0 Å². The normalized spacial score (nSPS) is 13.8. The van der Waals surface area contributed by atoms with Crippen molar-refractivity contribution >= 4 is 165 Å². The van der Waals surface area contributed by atoms with Crippen LogP contribution in [0.5, 0.6) is 0 Å². The summed E-state index contributed by atoms with van der Waals surface area (Å²) < 4.78 is 16.8. The van der Waals surface area contributed by atoms with Crippen LogP contribution in [0.15, 0.2) is 245 Å². The molecule has 4 aliphatic heterocycles. The fourth-order valence-electron chi connectivity index (χ4n) is 13.1. The summed E-state index contributed by atoms with van der Waals surface area (Å²) in [5.74, 6) is 0. The number of benzene rings is 11. The number of furan rings is 2. The van der Waals surface area contributed by atoms with Gasteiger partial charge in [-0.3, -0.25) is 0 Å². The Bertz CT molecular complexity index is 4520. The van der Waals surface area contributed by atoms with E-state index >= 15 is 0 Å². The fourth-order valence-corrected chi connectivity index (χ4v) is 15.9. The maximum absolute atomic E-state index is 7.05. The second-order valence-electron chi connectivity index (χ2n) is 19.8. The number of para-hydroxylation sites is 6. The van der Waals surface area contributed by atoms with Crippen LogP contribution in [0.3, 0.4) is 0 Å². The van der Waals surface area contributed by atoms with Crippen LogP contribution in [-0.2, 0) is 0 Å². The molecule has 0 amide bonds. The number of hydrogen-bond donors (Lipinski definition) is 0. The standard InChI is InChI=1S/C66H39B2N3O2Se/c1-4-20-40(21-5-1)43-26-10-15-31-50(43)71-53-37-52-48(68-47-30-14-19-35-60(47)74-66-62-45-28-12-18-34-57(45)73-59(62)39-55(64(66)68)69(52)41-22-6-2-7-23-41)36-49(53)67-46-29-13-16-32-51(46)70(42-24-8-3-9-25-42)65-61-44-27-11-17-33-56(44)72-58(61)38-54(71)63(65)67/h1-39H. The van der Waals surface area contributed by atoms with E-state index in [0.29, 0.717) is 0 Å². The van der Waals surface area contributed by atoms with Crippen LogP contribution in [0, 0.1) is 0 Å². The van der Waals surface area contributed by atoms with Gasteiger partial charge in [0.25, 0.3) is 0 Å². The molecule has 8 heteroatoms. The first-order valence-corrected chi connectivity index (χ1v) is 27.1. The zero-order valence-corrected chi connectivity index (χ0v) is 41.5. The first-order valence-electron chi connectivity index (χ1n) is 25.4. The third-order valence-electron chi connectivity index (χ3n) is 16.0. The van der Waals surface area contributed by atoms with Crippen LogP contribution in [0.1, 0.15) is 0 Å². The van der Waals surface area contributed by atoms with Gasteiger partial charge >= 0.3 is 382 Å². The van der Waals surface area contributed by atoms with E-state index in [2.05, 4.69) is 251 Å². The molecule has 0 bridgehead atoms. The van der Waals surface area contributed by atoms with Gasteiger partial charge in [0.2, 0.25) is 0 Å². The summed E-state index contributed by atoms with van der Waals surface area (Å²) in [4.78, 5) is 7.62. The molecule has 2 aromatic heterocycles. The van der Waals surface area contributed by atoms with Crippen molar-refractivity contribution in [1.82, 2.24) is 0 Å². The van der Waals surface area contributed by atoms with Gasteiger partial charge in [-0.1, -0.05) is 48.5 Å². The summed E-state index contributed by atoms with van der Waals surface area (Å²) in [5, 5.41) is 4.65. The SMILES string of the molecule is c1ccc(-c2ccccc2N2c3cc4c(cc3B3c5ccccc5N(c5ccccc5)c5c3c2cc2oc3ccccc3c52)B2c3ccccc3[Se]c3c2c(cc2oc5ccccc5c32)N4c2ccccc2)cc1. The third kappa shape index (κ3) is 5.51. The molecule has 5 nitrogen and oxygen atoms in total. The first kappa shape index (κ1) is 40.6. The van der Waals surface area contributed by atoms with E-state index in [1.807, 2.05) is 0 Å². The molecule has 17 rings (SSSR count). The molecule has 13 aromatic rings. The molecule has 74 heavy (non-hydrogen) atoms. The number of anilines is 9. The number of nitrogens with zero attached hydrogens (tertiary/aromatic N) is 3. The van der Waals surface area contributed by atoms with Crippen LogP contribution in [0.2, 0.25) is 0 Å². The summed E-state index contributed by atoms with van der Waals surface area (Å²) in [5.41, 5.74) is 23.9. The molecule has 4 aliphatic rings. The molecule has 0 saturated heterocycles. The summed E-state index contributed by atoms with van der Waals surface area (Å²) in [6.07, 6.45) is 0. The van der Waals surface area contributed by atoms with Gasteiger partial charge in [-0.2, -0.15) is 0 Å². The van der Waals surface area contributed by atoms with Crippen molar-refractivity contribution in [2.45, 2.75) is 0 Å². The summed E-state index contributed by atoms with van der Waals surface area (Å²) in [6, 6.07) is 87.1. The Balaban J connectivity index is 1.05. The molecule has 0 fully saturated rings. The van der Waals surface area contributed by atoms with Gasteiger partial charge in [-0.25, -0.2) is 0 Å². The molecule has 0 saturated carbocycles. The molecular weight excluding hydrogens is 967 g/mol. The minimum atomic E-state index is -0.135. The second-order valence-corrected chi connectivity index (χ2v) is 22.0.